The predicted octanol–water partition coefficient (Wildman–Crippen LogP) is 3.38. The van der Waals surface area contributed by atoms with Gasteiger partial charge >= 0.3 is 0 Å². The molecule has 0 unspecified atom stereocenters. The van der Waals surface area contributed by atoms with Gasteiger partial charge in [0, 0.05) is 0 Å². The lowest BCUT2D eigenvalue weighted by Crippen LogP contribution is -2.24. The monoisotopic (exact) mass is 370 g/mol. The van der Waals surface area contributed by atoms with Gasteiger partial charge in [0.1, 0.15) is 4.47 Å². The Labute approximate surface area is 122 Å². The number of halogens is 2. The molecule has 2 rings (SSSR count). The zero-order chi connectivity index (χ0) is 13.1. The molecule has 0 aliphatic carbocycles. The fraction of sp³-hybridized carbons (Fsp3) is 0.231. The van der Waals surface area contributed by atoms with E-state index >= 15 is 0 Å². The zero-order valence-electron chi connectivity index (χ0n) is 9.86. The molecule has 0 saturated heterocycles. The van der Waals surface area contributed by atoms with Gasteiger partial charge in [-0.1, -0.05) is 31.2 Å². The van der Waals surface area contributed by atoms with Crippen molar-refractivity contribution in [3.05, 3.63) is 60.9 Å². The van der Waals surface area contributed by atoms with Crippen molar-refractivity contribution >= 4 is 31.9 Å². The molecule has 18 heavy (non-hydrogen) atoms. The highest BCUT2D eigenvalue weighted by molar-refractivity contribution is 9.13. The summed E-state index contributed by atoms with van der Waals surface area (Å²) in [6.07, 6.45) is 2.63. The Kier molecular flexibility index (Phi) is 4.35. The number of aryl methyl sites for hydroxylation is 1. The minimum Gasteiger partial charge on any atom is -0.266 e. The van der Waals surface area contributed by atoms with E-state index in [0.717, 1.165) is 12.0 Å². The SMILES string of the molecule is CCc1ccc(Cn2ncc(Br)c(Br)c2=O)cc1. The van der Waals surface area contributed by atoms with Gasteiger partial charge in [0.25, 0.3) is 5.56 Å². The first kappa shape index (κ1) is 13.5. The van der Waals surface area contributed by atoms with Crippen LogP contribution in [0.25, 0.3) is 0 Å². The lowest BCUT2D eigenvalue weighted by Gasteiger charge is -2.06. The van der Waals surface area contributed by atoms with E-state index in [0.29, 0.717) is 15.5 Å². The lowest BCUT2D eigenvalue weighted by molar-refractivity contribution is 0.633. The van der Waals surface area contributed by atoms with Crippen LogP contribution in [-0.4, -0.2) is 9.78 Å². The summed E-state index contributed by atoms with van der Waals surface area (Å²) >= 11 is 6.51. The summed E-state index contributed by atoms with van der Waals surface area (Å²) in [5, 5.41) is 4.10. The molecule has 0 radical (unpaired) electrons. The van der Waals surface area contributed by atoms with Crippen molar-refractivity contribution in [1.82, 2.24) is 9.78 Å². The van der Waals surface area contributed by atoms with E-state index in [9.17, 15) is 4.79 Å². The van der Waals surface area contributed by atoms with Gasteiger partial charge in [0.15, 0.2) is 0 Å². The van der Waals surface area contributed by atoms with Gasteiger partial charge < -0.3 is 0 Å². The molecular formula is C13H12Br2N2O. The highest BCUT2D eigenvalue weighted by atomic mass is 79.9. The average Bonchev–Trinajstić information content (AvgIpc) is 2.40. The largest absolute Gasteiger partial charge is 0.282 e. The lowest BCUT2D eigenvalue weighted by atomic mass is 10.1. The number of rotatable bonds is 3. The van der Waals surface area contributed by atoms with E-state index < -0.39 is 0 Å². The normalized spacial score (nSPS) is 10.6. The van der Waals surface area contributed by atoms with Crippen LogP contribution in [0.4, 0.5) is 0 Å². The van der Waals surface area contributed by atoms with Crippen molar-refractivity contribution in [1.29, 1.82) is 0 Å². The summed E-state index contributed by atoms with van der Waals surface area (Å²) in [6.45, 7) is 2.60. The molecule has 5 heteroatoms. The van der Waals surface area contributed by atoms with Crippen molar-refractivity contribution in [3.63, 3.8) is 0 Å². The summed E-state index contributed by atoms with van der Waals surface area (Å²) < 4.78 is 2.61. The van der Waals surface area contributed by atoms with E-state index in [2.05, 4.69) is 56.0 Å². The molecule has 0 spiro atoms. The molecule has 0 fully saturated rings. The van der Waals surface area contributed by atoms with Gasteiger partial charge in [-0.05, 0) is 49.4 Å². The maximum Gasteiger partial charge on any atom is 0.282 e. The van der Waals surface area contributed by atoms with Gasteiger partial charge in [-0.15, -0.1) is 0 Å². The standard InChI is InChI=1S/C13H12Br2N2O/c1-2-9-3-5-10(6-4-9)8-17-13(18)12(15)11(14)7-16-17/h3-7H,2,8H2,1H3. The van der Waals surface area contributed by atoms with Crippen molar-refractivity contribution in [2.75, 3.05) is 0 Å². The Balaban J connectivity index is 2.28. The van der Waals surface area contributed by atoms with Crippen LogP contribution in [0.3, 0.4) is 0 Å². The smallest absolute Gasteiger partial charge is 0.266 e. The van der Waals surface area contributed by atoms with Crippen LogP contribution < -0.4 is 5.56 Å². The van der Waals surface area contributed by atoms with Crippen LogP contribution in [0.1, 0.15) is 18.1 Å². The van der Waals surface area contributed by atoms with E-state index in [1.165, 1.54) is 10.2 Å². The Morgan fingerprint density at radius 1 is 1.17 bits per heavy atom. The van der Waals surface area contributed by atoms with Crippen LogP contribution in [-0.2, 0) is 13.0 Å². The molecule has 0 atom stereocenters. The van der Waals surface area contributed by atoms with Gasteiger partial charge in [0.2, 0.25) is 0 Å². The first-order chi connectivity index (χ1) is 8.61. The number of aromatic nitrogens is 2. The van der Waals surface area contributed by atoms with Crippen LogP contribution in [0, 0.1) is 0 Å². The average molecular weight is 372 g/mol. The molecule has 3 nitrogen and oxygen atoms in total. The van der Waals surface area contributed by atoms with Crippen LogP contribution >= 0.6 is 31.9 Å². The summed E-state index contributed by atoms with van der Waals surface area (Å²) in [5.41, 5.74) is 2.22. The first-order valence-electron chi connectivity index (χ1n) is 5.60. The first-order valence-corrected chi connectivity index (χ1v) is 7.19. The molecule has 94 valence electrons. The van der Waals surface area contributed by atoms with Gasteiger partial charge in [-0.2, -0.15) is 5.10 Å². The number of nitrogens with zero attached hydrogens (tertiary/aromatic N) is 2. The second-order valence-electron chi connectivity index (χ2n) is 3.94. The van der Waals surface area contributed by atoms with Crippen molar-refractivity contribution < 1.29 is 0 Å². The Hall–Kier alpha value is -0.940. The number of benzene rings is 1. The number of hydrogen-bond acceptors (Lipinski definition) is 2. The zero-order valence-corrected chi connectivity index (χ0v) is 13.0. The molecule has 0 amide bonds. The molecule has 0 aliphatic heterocycles. The number of hydrogen-bond donors (Lipinski definition) is 0. The van der Waals surface area contributed by atoms with Crippen molar-refractivity contribution in [3.8, 4) is 0 Å². The van der Waals surface area contributed by atoms with Crippen LogP contribution in [0.2, 0.25) is 0 Å². The van der Waals surface area contributed by atoms with E-state index in [1.807, 2.05) is 12.1 Å². The minimum absolute atomic E-state index is 0.135. The third kappa shape index (κ3) is 2.90. The molecule has 1 aromatic heterocycles. The molecule has 0 N–H and O–H groups in total. The minimum atomic E-state index is -0.135. The summed E-state index contributed by atoms with van der Waals surface area (Å²) in [6, 6.07) is 8.22. The molecule has 2 aromatic rings. The van der Waals surface area contributed by atoms with Crippen molar-refractivity contribution in [2.24, 2.45) is 0 Å². The topological polar surface area (TPSA) is 34.9 Å². The predicted molar refractivity (Wildman–Crippen MR) is 78.8 cm³/mol. The summed E-state index contributed by atoms with van der Waals surface area (Å²) in [4.78, 5) is 11.9. The highest BCUT2D eigenvalue weighted by Crippen LogP contribution is 2.16. The maximum atomic E-state index is 11.9. The van der Waals surface area contributed by atoms with Gasteiger partial charge in [-0.3, -0.25) is 4.79 Å². The molecule has 0 saturated carbocycles. The quantitative estimate of drug-likeness (QED) is 0.828. The van der Waals surface area contributed by atoms with Crippen molar-refractivity contribution in [2.45, 2.75) is 19.9 Å². The Bertz CT molecular complexity index is 605. The van der Waals surface area contributed by atoms with Crippen LogP contribution in [0.15, 0.2) is 44.2 Å². The maximum absolute atomic E-state index is 11.9. The Morgan fingerprint density at radius 2 is 1.78 bits per heavy atom. The fourth-order valence-electron chi connectivity index (χ4n) is 1.61. The van der Waals surface area contributed by atoms with Gasteiger partial charge in [-0.25, -0.2) is 4.68 Å². The second kappa shape index (κ2) is 5.80. The molecule has 1 heterocycles. The third-order valence-electron chi connectivity index (χ3n) is 2.71. The summed E-state index contributed by atoms with van der Waals surface area (Å²) in [7, 11) is 0. The van der Waals surface area contributed by atoms with E-state index in [4.69, 9.17) is 0 Å². The van der Waals surface area contributed by atoms with E-state index in [-0.39, 0.29) is 5.56 Å². The van der Waals surface area contributed by atoms with E-state index in [1.54, 1.807) is 6.20 Å². The molecule has 1 aromatic carbocycles. The second-order valence-corrected chi connectivity index (χ2v) is 5.59. The third-order valence-corrected chi connectivity index (χ3v) is 4.61. The summed E-state index contributed by atoms with van der Waals surface area (Å²) in [5.74, 6) is 0. The highest BCUT2D eigenvalue weighted by Gasteiger charge is 2.06. The Morgan fingerprint density at radius 3 is 2.39 bits per heavy atom. The molecular weight excluding hydrogens is 360 g/mol. The fourth-order valence-corrected chi connectivity index (χ4v) is 2.18. The van der Waals surface area contributed by atoms with Crippen LogP contribution in [0.5, 0.6) is 0 Å². The molecule has 0 bridgehead atoms. The van der Waals surface area contributed by atoms with Gasteiger partial charge in [0.05, 0.1) is 17.2 Å². The molecule has 0 aliphatic rings.